The number of halogens is 3. The average Bonchev–Trinajstić information content (AvgIpc) is 2.85. The Morgan fingerprint density at radius 2 is 1.75 bits per heavy atom. The lowest BCUT2D eigenvalue weighted by atomic mass is 9.73. The molecule has 1 N–H and O–H groups in total. The molecule has 5 nitrogen and oxygen atoms in total. The molecule has 36 heavy (non-hydrogen) atoms. The van der Waals surface area contributed by atoms with Crippen LogP contribution in [0.1, 0.15) is 25.8 Å². The number of alkyl halides is 3. The van der Waals surface area contributed by atoms with Gasteiger partial charge in [-0.3, -0.25) is 9.78 Å². The Bertz CT molecular complexity index is 1430. The van der Waals surface area contributed by atoms with Crippen molar-refractivity contribution in [1.82, 2.24) is 9.55 Å². The molecule has 1 atom stereocenters. The van der Waals surface area contributed by atoms with E-state index in [1.54, 1.807) is 68.7 Å². The lowest BCUT2D eigenvalue weighted by Crippen LogP contribution is -2.52. The van der Waals surface area contributed by atoms with Gasteiger partial charge in [-0.25, -0.2) is 0 Å². The smallest absolute Gasteiger partial charge is 0.418 e. The quantitative estimate of drug-likeness (QED) is 0.355. The molecule has 8 heteroatoms. The lowest BCUT2D eigenvalue weighted by Gasteiger charge is -2.39. The molecule has 0 saturated heterocycles. The van der Waals surface area contributed by atoms with E-state index in [9.17, 15) is 23.1 Å². The molecule has 2 aromatic carbocycles. The largest absolute Gasteiger partial charge is 0.496 e. The standard InChI is InChI=1S/C28H27F3N2O3/c1-26(2,22-15-19(10-11-25(22)36-3)20-7-6-13-32-16-20)17-27(35,28(29,30)31)18-33-14-12-24(34)21-8-4-5-9-23(21)33/h4-16,35H,17-18H2,1-3H3. The lowest BCUT2D eigenvalue weighted by molar-refractivity contribution is -0.271. The number of hydrogen-bond donors (Lipinski definition) is 1. The van der Waals surface area contributed by atoms with E-state index in [0.29, 0.717) is 16.8 Å². The molecule has 0 radical (unpaired) electrons. The van der Waals surface area contributed by atoms with Crippen LogP contribution in [0.15, 0.2) is 84.0 Å². The second-order valence-electron chi connectivity index (χ2n) is 9.57. The molecule has 0 saturated carbocycles. The van der Waals surface area contributed by atoms with Gasteiger partial charge in [0, 0.05) is 41.2 Å². The van der Waals surface area contributed by atoms with Crippen LogP contribution in [0.4, 0.5) is 13.2 Å². The van der Waals surface area contributed by atoms with Gasteiger partial charge in [-0.1, -0.05) is 38.1 Å². The van der Waals surface area contributed by atoms with Gasteiger partial charge in [0.15, 0.2) is 11.0 Å². The summed E-state index contributed by atoms with van der Waals surface area (Å²) in [6.45, 7) is 2.53. The van der Waals surface area contributed by atoms with E-state index in [0.717, 1.165) is 11.1 Å². The van der Waals surface area contributed by atoms with E-state index in [1.165, 1.54) is 23.9 Å². The first-order valence-corrected chi connectivity index (χ1v) is 11.4. The number of ether oxygens (including phenoxy) is 1. The van der Waals surface area contributed by atoms with Crippen LogP contribution >= 0.6 is 0 Å². The fourth-order valence-electron chi connectivity index (χ4n) is 4.70. The molecule has 0 aliphatic rings. The van der Waals surface area contributed by atoms with Gasteiger partial charge < -0.3 is 14.4 Å². The molecule has 2 aromatic heterocycles. The van der Waals surface area contributed by atoms with Crippen LogP contribution in [0.25, 0.3) is 22.0 Å². The van der Waals surface area contributed by atoms with E-state index in [1.807, 2.05) is 12.1 Å². The zero-order chi connectivity index (χ0) is 26.1. The van der Waals surface area contributed by atoms with Gasteiger partial charge in [-0.2, -0.15) is 13.2 Å². The van der Waals surface area contributed by atoms with Gasteiger partial charge in [0.2, 0.25) is 0 Å². The molecule has 0 bridgehead atoms. The molecule has 4 rings (SSSR count). The zero-order valence-corrected chi connectivity index (χ0v) is 20.2. The third-order valence-electron chi connectivity index (χ3n) is 6.50. The maximum Gasteiger partial charge on any atom is 0.418 e. The number of benzene rings is 2. The van der Waals surface area contributed by atoms with E-state index < -0.39 is 30.2 Å². The Kier molecular flexibility index (Phi) is 6.66. The highest BCUT2D eigenvalue weighted by Gasteiger charge is 2.56. The first-order valence-electron chi connectivity index (χ1n) is 11.4. The minimum absolute atomic E-state index is 0.287. The molecular formula is C28H27F3N2O3. The Morgan fingerprint density at radius 1 is 1.00 bits per heavy atom. The predicted octanol–water partition coefficient (Wildman–Crippen LogP) is 5.73. The second-order valence-corrected chi connectivity index (χ2v) is 9.57. The SMILES string of the molecule is COc1ccc(-c2cccnc2)cc1C(C)(C)CC(O)(Cn1ccc(=O)c2ccccc21)C(F)(F)F. The summed E-state index contributed by atoms with van der Waals surface area (Å²) in [5.74, 6) is 0.422. The van der Waals surface area contributed by atoms with E-state index >= 15 is 0 Å². The van der Waals surface area contributed by atoms with Crippen molar-refractivity contribution in [2.24, 2.45) is 0 Å². The van der Waals surface area contributed by atoms with Gasteiger partial charge in [0.25, 0.3) is 0 Å². The van der Waals surface area contributed by atoms with Crippen LogP contribution < -0.4 is 10.2 Å². The number of methoxy groups -OCH3 is 1. The first kappa shape index (κ1) is 25.4. The van der Waals surface area contributed by atoms with Crippen molar-refractivity contribution in [3.8, 4) is 16.9 Å². The monoisotopic (exact) mass is 496 g/mol. The molecule has 188 valence electrons. The summed E-state index contributed by atoms with van der Waals surface area (Å²) in [7, 11) is 1.46. The summed E-state index contributed by atoms with van der Waals surface area (Å²) < 4.78 is 50.2. The van der Waals surface area contributed by atoms with Crippen LogP contribution in [0.3, 0.4) is 0 Å². The second kappa shape index (κ2) is 9.43. The number of pyridine rings is 2. The number of rotatable bonds is 7. The zero-order valence-electron chi connectivity index (χ0n) is 20.2. The van der Waals surface area contributed by atoms with Crippen molar-refractivity contribution < 1.29 is 23.0 Å². The minimum Gasteiger partial charge on any atom is -0.496 e. The van der Waals surface area contributed by atoms with E-state index in [2.05, 4.69) is 4.98 Å². The minimum atomic E-state index is -4.94. The molecule has 0 aliphatic carbocycles. The molecule has 0 fully saturated rings. The highest BCUT2D eigenvalue weighted by molar-refractivity contribution is 5.78. The Morgan fingerprint density at radius 3 is 2.42 bits per heavy atom. The van der Waals surface area contributed by atoms with Crippen molar-refractivity contribution in [2.45, 2.75) is 44.0 Å². The van der Waals surface area contributed by atoms with E-state index in [4.69, 9.17) is 4.74 Å². The van der Waals surface area contributed by atoms with Crippen molar-refractivity contribution in [3.63, 3.8) is 0 Å². The summed E-state index contributed by atoms with van der Waals surface area (Å²) in [5.41, 5.74) is -2.11. The van der Waals surface area contributed by atoms with Gasteiger partial charge in [0.1, 0.15) is 5.75 Å². The molecule has 4 aromatic rings. The van der Waals surface area contributed by atoms with Crippen LogP contribution in [-0.2, 0) is 12.0 Å². The molecule has 0 spiro atoms. The van der Waals surface area contributed by atoms with Crippen LogP contribution in [-0.4, -0.2) is 33.5 Å². The van der Waals surface area contributed by atoms with Gasteiger partial charge in [-0.05, 0) is 47.7 Å². The number of fused-ring (bicyclic) bond motifs is 1. The Hall–Kier alpha value is -3.65. The number of nitrogens with zero attached hydrogens (tertiary/aromatic N) is 2. The fourth-order valence-corrected chi connectivity index (χ4v) is 4.70. The van der Waals surface area contributed by atoms with Gasteiger partial charge in [0.05, 0.1) is 19.2 Å². The maximum atomic E-state index is 14.5. The fraction of sp³-hybridized carbons (Fsp3) is 0.286. The van der Waals surface area contributed by atoms with Gasteiger partial charge in [-0.15, -0.1) is 0 Å². The Balaban J connectivity index is 1.78. The number of hydrogen-bond acceptors (Lipinski definition) is 4. The maximum absolute atomic E-state index is 14.5. The van der Waals surface area contributed by atoms with Crippen molar-refractivity contribution in [2.75, 3.05) is 7.11 Å². The predicted molar refractivity (Wildman–Crippen MR) is 133 cm³/mol. The van der Waals surface area contributed by atoms with Gasteiger partial charge >= 0.3 is 6.18 Å². The molecule has 0 amide bonds. The van der Waals surface area contributed by atoms with Crippen LogP contribution in [0.2, 0.25) is 0 Å². The third kappa shape index (κ3) is 4.86. The summed E-state index contributed by atoms with van der Waals surface area (Å²) in [5, 5.41) is 11.5. The van der Waals surface area contributed by atoms with E-state index in [-0.39, 0.29) is 10.8 Å². The Labute approximate surface area is 206 Å². The molecular weight excluding hydrogens is 469 g/mol. The third-order valence-corrected chi connectivity index (χ3v) is 6.50. The topological polar surface area (TPSA) is 64.3 Å². The summed E-state index contributed by atoms with van der Waals surface area (Å²) in [6.07, 6.45) is -0.981. The summed E-state index contributed by atoms with van der Waals surface area (Å²) in [4.78, 5) is 16.3. The van der Waals surface area contributed by atoms with Crippen LogP contribution in [0.5, 0.6) is 5.75 Å². The van der Waals surface area contributed by atoms with Crippen molar-refractivity contribution >= 4 is 10.9 Å². The number of aliphatic hydroxyl groups is 1. The molecule has 0 aliphatic heterocycles. The van der Waals surface area contributed by atoms with Crippen molar-refractivity contribution in [1.29, 1.82) is 0 Å². The van der Waals surface area contributed by atoms with Crippen molar-refractivity contribution in [3.05, 3.63) is 95.0 Å². The number of para-hydroxylation sites is 1. The normalized spacial score (nSPS) is 14.0. The highest BCUT2D eigenvalue weighted by Crippen LogP contribution is 2.45. The molecule has 1 unspecified atom stereocenters. The van der Waals surface area contributed by atoms with Crippen LogP contribution in [0, 0.1) is 0 Å². The summed E-state index contributed by atoms with van der Waals surface area (Å²) in [6, 6.07) is 16.6. The number of aromatic nitrogens is 2. The first-order chi connectivity index (χ1) is 16.9. The average molecular weight is 497 g/mol. The highest BCUT2D eigenvalue weighted by atomic mass is 19.4. The molecule has 2 heterocycles. The summed E-state index contributed by atoms with van der Waals surface area (Å²) >= 11 is 0.